The number of rotatable bonds is 13. The third-order valence-corrected chi connectivity index (χ3v) is 16.5. The van der Waals surface area contributed by atoms with Crippen LogP contribution in [0.4, 0.5) is 5.69 Å². The van der Waals surface area contributed by atoms with Crippen molar-refractivity contribution < 1.29 is 4.43 Å². The predicted molar refractivity (Wildman–Crippen MR) is 210 cm³/mol. The maximum absolute atomic E-state index is 7.49. The molecule has 4 aromatic rings. The number of benzene rings is 4. The van der Waals surface area contributed by atoms with Crippen LogP contribution >= 0.6 is 0 Å². The minimum absolute atomic E-state index is 0.00112. The normalized spacial score (nSPS) is 18.0. The maximum Gasteiger partial charge on any atom is 0.261 e. The number of piperidine rings is 2. The number of nitrogens with one attached hydrogen (secondary N) is 1. The van der Waals surface area contributed by atoms with E-state index in [2.05, 4.69) is 158 Å². The lowest BCUT2D eigenvalue weighted by atomic mass is 9.73. The molecule has 0 aromatic heterocycles. The number of anilines is 1. The average Bonchev–Trinajstić information content (AvgIpc) is 3.12. The van der Waals surface area contributed by atoms with Crippen molar-refractivity contribution in [2.45, 2.75) is 83.8 Å². The second-order valence-electron chi connectivity index (χ2n) is 15.9. The van der Waals surface area contributed by atoms with E-state index in [1.165, 1.54) is 78.9 Å². The van der Waals surface area contributed by atoms with Crippen LogP contribution in [0.25, 0.3) is 0 Å². The molecule has 0 unspecified atom stereocenters. The van der Waals surface area contributed by atoms with Crippen molar-refractivity contribution in [3.63, 3.8) is 0 Å². The van der Waals surface area contributed by atoms with Gasteiger partial charge in [0.1, 0.15) is 0 Å². The lowest BCUT2D eigenvalue weighted by Gasteiger charge is -2.46. The quantitative estimate of drug-likeness (QED) is 0.144. The van der Waals surface area contributed by atoms with E-state index in [0.717, 1.165) is 32.7 Å². The molecule has 6 rings (SSSR count). The SMILES string of the molecule is Cc1ccc(NC2CCN(CCC3(CCO[Si](c4ccccc4)(c4ccccc4)C(C)(C)C)CCN(Cc4ccccc4)CC3)CC2)cc1. The van der Waals surface area contributed by atoms with Gasteiger partial charge in [-0.25, -0.2) is 0 Å². The van der Waals surface area contributed by atoms with Crippen molar-refractivity contribution in [3.8, 4) is 0 Å². The summed E-state index contributed by atoms with van der Waals surface area (Å²) in [5.41, 5.74) is 4.30. The molecule has 49 heavy (non-hydrogen) atoms. The van der Waals surface area contributed by atoms with Crippen LogP contribution in [0.5, 0.6) is 0 Å². The lowest BCUT2D eigenvalue weighted by molar-refractivity contribution is 0.0540. The fourth-order valence-corrected chi connectivity index (χ4v) is 13.0. The third-order valence-electron chi connectivity index (χ3n) is 11.5. The topological polar surface area (TPSA) is 27.7 Å². The summed E-state index contributed by atoms with van der Waals surface area (Å²) in [7, 11) is -2.56. The van der Waals surface area contributed by atoms with Crippen LogP contribution in [-0.4, -0.2) is 63.5 Å². The summed E-state index contributed by atoms with van der Waals surface area (Å²) in [5.74, 6) is 0. The molecule has 0 atom stereocenters. The van der Waals surface area contributed by atoms with Gasteiger partial charge < -0.3 is 14.6 Å². The standard InChI is InChI=1S/C44H59N3OSi/c1-37-20-22-39(23-21-37)45-40-24-30-46(31-25-40)32-26-44(27-33-47(34-28-44)36-38-14-8-5-9-15-38)29-35-48-49(43(2,3)4,41-16-10-6-11-17-41)42-18-12-7-13-19-42/h5-23,40,45H,24-36H2,1-4H3. The Kier molecular flexibility index (Phi) is 11.8. The Balaban J connectivity index is 1.14. The fourth-order valence-electron chi connectivity index (χ4n) is 8.42. The molecule has 4 nitrogen and oxygen atoms in total. The Morgan fingerprint density at radius 1 is 0.694 bits per heavy atom. The van der Waals surface area contributed by atoms with Crippen LogP contribution in [0.3, 0.4) is 0 Å². The smallest absolute Gasteiger partial charge is 0.261 e. The largest absolute Gasteiger partial charge is 0.407 e. The van der Waals surface area contributed by atoms with E-state index in [1.807, 2.05) is 0 Å². The van der Waals surface area contributed by atoms with Crippen molar-refractivity contribution >= 4 is 24.4 Å². The van der Waals surface area contributed by atoms with Crippen molar-refractivity contribution in [2.75, 3.05) is 44.6 Å². The first-order valence-electron chi connectivity index (χ1n) is 18.8. The van der Waals surface area contributed by atoms with Gasteiger partial charge in [0.05, 0.1) is 0 Å². The van der Waals surface area contributed by atoms with Crippen LogP contribution in [-0.2, 0) is 11.0 Å². The van der Waals surface area contributed by atoms with E-state index in [4.69, 9.17) is 4.43 Å². The van der Waals surface area contributed by atoms with Gasteiger partial charge in [-0.2, -0.15) is 0 Å². The zero-order valence-electron chi connectivity index (χ0n) is 30.5. The summed E-state index contributed by atoms with van der Waals surface area (Å²) in [6, 6.07) is 42.8. The molecular formula is C44H59N3OSi. The maximum atomic E-state index is 7.49. The van der Waals surface area contributed by atoms with E-state index in [1.54, 1.807) is 0 Å². The van der Waals surface area contributed by atoms with Gasteiger partial charge in [-0.3, -0.25) is 4.90 Å². The van der Waals surface area contributed by atoms with Crippen LogP contribution in [0.15, 0.2) is 115 Å². The van der Waals surface area contributed by atoms with Gasteiger partial charge in [-0.05, 0) is 104 Å². The predicted octanol–water partition coefficient (Wildman–Crippen LogP) is 8.51. The number of hydrogen-bond acceptors (Lipinski definition) is 4. The van der Waals surface area contributed by atoms with Gasteiger partial charge in [0.15, 0.2) is 0 Å². The zero-order chi connectivity index (χ0) is 34.2. The Morgan fingerprint density at radius 3 is 1.80 bits per heavy atom. The summed E-state index contributed by atoms with van der Waals surface area (Å²) >= 11 is 0. The van der Waals surface area contributed by atoms with Crippen molar-refractivity contribution in [1.82, 2.24) is 9.80 Å². The molecule has 2 saturated heterocycles. The first kappa shape index (κ1) is 35.6. The molecule has 2 aliphatic heterocycles. The van der Waals surface area contributed by atoms with Gasteiger partial charge in [0.2, 0.25) is 0 Å². The van der Waals surface area contributed by atoms with Gasteiger partial charge in [-0.15, -0.1) is 0 Å². The summed E-state index contributed by atoms with van der Waals surface area (Å²) in [6.07, 6.45) is 7.30. The molecule has 4 aromatic carbocycles. The number of hydrogen-bond donors (Lipinski definition) is 1. The van der Waals surface area contributed by atoms with E-state index in [-0.39, 0.29) is 5.04 Å². The zero-order valence-corrected chi connectivity index (χ0v) is 31.5. The van der Waals surface area contributed by atoms with Crippen LogP contribution < -0.4 is 15.7 Å². The number of likely N-dealkylation sites (tertiary alicyclic amines) is 2. The number of aryl methyl sites for hydroxylation is 1. The van der Waals surface area contributed by atoms with Crippen LogP contribution in [0.2, 0.25) is 5.04 Å². The highest BCUT2D eigenvalue weighted by molar-refractivity contribution is 6.99. The van der Waals surface area contributed by atoms with Crippen LogP contribution in [0, 0.1) is 12.3 Å². The first-order chi connectivity index (χ1) is 23.7. The molecule has 0 bridgehead atoms. The highest BCUT2D eigenvalue weighted by Gasteiger charge is 2.50. The van der Waals surface area contributed by atoms with Gasteiger partial charge in [-0.1, -0.05) is 129 Å². The molecule has 0 saturated carbocycles. The molecule has 0 radical (unpaired) electrons. The fraction of sp³-hybridized carbons (Fsp3) is 0.455. The molecule has 0 amide bonds. The molecular weight excluding hydrogens is 615 g/mol. The summed E-state index contributed by atoms with van der Waals surface area (Å²) in [5, 5.41) is 6.56. The number of nitrogens with zero attached hydrogens (tertiary/aromatic N) is 2. The average molecular weight is 674 g/mol. The lowest BCUT2D eigenvalue weighted by Crippen LogP contribution is -2.66. The highest BCUT2D eigenvalue weighted by Crippen LogP contribution is 2.42. The molecule has 5 heteroatoms. The molecule has 2 aliphatic rings. The summed E-state index contributed by atoms with van der Waals surface area (Å²) < 4.78 is 7.49. The second-order valence-corrected chi connectivity index (χ2v) is 20.2. The van der Waals surface area contributed by atoms with Crippen LogP contribution in [0.1, 0.15) is 70.4 Å². The van der Waals surface area contributed by atoms with Crippen molar-refractivity contribution in [2.24, 2.45) is 5.41 Å². The Bertz CT molecular complexity index is 1500. The Hall–Kier alpha value is -3.22. The van der Waals surface area contributed by atoms with Gasteiger partial charge in [0.25, 0.3) is 8.32 Å². The Morgan fingerprint density at radius 2 is 1.24 bits per heavy atom. The molecule has 0 aliphatic carbocycles. The van der Waals surface area contributed by atoms with Crippen molar-refractivity contribution in [1.29, 1.82) is 0 Å². The second kappa shape index (κ2) is 16.2. The summed E-state index contributed by atoms with van der Waals surface area (Å²) in [6.45, 7) is 17.1. The minimum atomic E-state index is -2.56. The monoisotopic (exact) mass is 673 g/mol. The summed E-state index contributed by atoms with van der Waals surface area (Å²) in [4.78, 5) is 5.42. The molecule has 0 spiro atoms. The van der Waals surface area contributed by atoms with E-state index in [9.17, 15) is 0 Å². The van der Waals surface area contributed by atoms with E-state index in [0.29, 0.717) is 11.5 Å². The van der Waals surface area contributed by atoms with Crippen molar-refractivity contribution in [3.05, 3.63) is 126 Å². The molecule has 2 fully saturated rings. The highest BCUT2D eigenvalue weighted by atomic mass is 28.4. The molecule has 260 valence electrons. The first-order valence-corrected chi connectivity index (χ1v) is 20.7. The molecule has 1 N–H and O–H groups in total. The Labute approximate surface area is 298 Å². The van der Waals surface area contributed by atoms with E-state index < -0.39 is 8.32 Å². The minimum Gasteiger partial charge on any atom is -0.407 e. The van der Waals surface area contributed by atoms with Gasteiger partial charge in [0, 0.05) is 38.0 Å². The van der Waals surface area contributed by atoms with Gasteiger partial charge >= 0.3 is 0 Å². The van der Waals surface area contributed by atoms with E-state index >= 15 is 0 Å². The third kappa shape index (κ3) is 8.93. The molecule has 2 heterocycles.